The van der Waals surface area contributed by atoms with Gasteiger partial charge in [-0.15, -0.1) is 0 Å². The number of amides is 2. The summed E-state index contributed by atoms with van der Waals surface area (Å²) in [6, 6.07) is 0. The Labute approximate surface area is 117 Å². The summed E-state index contributed by atoms with van der Waals surface area (Å²) in [5.74, 6) is -0.644. The van der Waals surface area contributed by atoms with Crippen LogP contribution in [0.3, 0.4) is 0 Å². The maximum Gasteiger partial charge on any atom is 0.445 e. The van der Waals surface area contributed by atoms with Crippen LogP contribution in [-0.2, 0) is 19.6 Å². The summed E-state index contributed by atoms with van der Waals surface area (Å²) < 4.78 is 0. The molecule has 3 N–H and O–H groups in total. The van der Waals surface area contributed by atoms with E-state index < -0.39 is 29.3 Å². The van der Waals surface area contributed by atoms with Gasteiger partial charge in [-0.05, 0) is 41.5 Å². The molecule has 0 spiro atoms. The standard InChI is InChI=1S/C11H21N3O6/c1-10(2,3)19-17-8(15)13-7(12)14-9(16)18-20-11(4,5)6/h1-6H3,(H3,12,13,14,15,16). The Morgan fingerprint density at radius 2 is 1.10 bits per heavy atom. The first-order valence-corrected chi connectivity index (χ1v) is 5.81. The molecule has 0 fully saturated rings. The number of carbonyl (C=O) groups excluding carboxylic acids is 2. The van der Waals surface area contributed by atoms with Gasteiger partial charge in [0, 0.05) is 0 Å². The van der Waals surface area contributed by atoms with Gasteiger partial charge in [0.2, 0.25) is 5.96 Å². The summed E-state index contributed by atoms with van der Waals surface area (Å²) in [6.45, 7) is 10.0. The van der Waals surface area contributed by atoms with Crippen LogP contribution in [0.2, 0.25) is 0 Å². The minimum absolute atomic E-state index is 0.644. The normalized spacial score (nSPS) is 11.5. The van der Waals surface area contributed by atoms with Crippen LogP contribution in [0.5, 0.6) is 0 Å². The first kappa shape index (κ1) is 18.1. The molecular formula is C11H21N3O6. The van der Waals surface area contributed by atoms with Gasteiger partial charge in [-0.3, -0.25) is 25.8 Å². The zero-order valence-corrected chi connectivity index (χ0v) is 12.4. The van der Waals surface area contributed by atoms with Crippen molar-refractivity contribution in [3.05, 3.63) is 0 Å². The fourth-order valence-electron chi connectivity index (χ4n) is 0.603. The lowest BCUT2D eigenvalue weighted by Crippen LogP contribution is -2.44. The molecule has 0 aromatic rings. The highest BCUT2D eigenvalue weighted by Gasteiger charge is 2.18. The van der Waals surface area contributed by atoms with Gasteiger partial charge in [-0.2, -0.15) is 9.78 Å². The van der Waals surface area contributed by atoms with Crippen LogP contribution >= 0.6 is 0 Å². The van der Waals surface area contributed by atoms with Crippen LogP contribution in [0.25, 0.3) is 0 Å². The first-order valence-electron chi connectivity index (χ1n) is 5.81. The van der Waals surface area contributed by atoms with Crippen molar-refractivity contribution < 1.29 is 29.1 Å². The molecule has 0 heterocycles. The first-order chi connectivity index (χ1) is 8.89. The fraction of sp³-hybridized carbons (Fsp3) is 0.727. The predicted octanol–water partition coefficient (Wildman–Crippen LogP) is 1.83. The average molecular weight is 291 g/mol. The van der Waals surface area contributed by atoms with E-state index in [1.165, 1.54) is 0 Å². The quantitative estimate of drug-likeness (QED) is 0.309. The van der Waals surface area contributed by atoms with Gasteiger partial charge < -0.3 is 0 Å². The third-order valence-electron chi connectivity index (χ3n) is 1.19. The Morgan fingerprint density at radius 1 is 0.800 bits per heavy atom. The predicted molar refractivity (Wildman–Crippen MR) is 68.6 cm³/mol. The van der Waals surface area contributed by atoms with Crippen LogP contribution in [0.1, 0.15) is 41.5 Å². The summed E-state index contributed by atoms with van der Waals surface area (Å²) in [7, 11) is 0. The zero-order chi connectivity index (χ0) is 16.0. The fourth-order valence-corrected chi connectivity index (χ4v) is 0.603. The number of nitrogens with one attached hydrogen (secondary N) is 3. The summed E-state index contributed by atoms with van der Waals surface area (Å²) in [6.07, 6.45) is -2.11. The highest BCUT2D eigenvalue weighted by molar-refractivity contribution is 5.99. The molecule has 0 aliphatic heterocycles. The molecule has 0 aliphatic rings. The monoisotopic (exact) mass is 291 g/mol. The highest BCUT2D eigenvalue weighted by atomic mass is 17.2. The van der Waals surface area contributed by atoms with E-state index >= 15 is 0 Å². The van der Waals surface area contributed by atoms with E-state index in [0.29, 0.717) is 0 Å². The third-order valence-corrected chi connectivity index (χ3v) is 1.19. The SMILES string of the molecule is CC(C)(C)OOC(=O)NC(=N)NC(=O)OOC(C)(C)C. The molecule has 2 amide bonds. The molecule has 9 heteroatoms. The van der Waals surface area contributed by atoms with Crippen molar-refractivity contribution in [3.8, 4) is 0 Å². The number of hydrogen-bond acceptors (Lipinski definition) is 7. The van der Waals surface area contributed by atoms with Crippen molar-refractivity contribution in [2.24, 2.45) is 0 Å². The maximum atomic E-state index is 11.2. The number of guanidine groups is 1. The van der Waals surface area contributed by atoms with Crippen molar-refractivity contribution in [1.29, 1.82) is 5.41 Å². The minimum Gasteiger partial charge on any atom is -0.275 e. The lowest BCUT2D eigenvalue weighted by atomic mass is 10.2. The summed E-state index contributed by atoms with van der Waals surface area (Å²) in [4.78, 5) is 40.5. The molecule has 0 saturated heterocycles. The van der Waals surface area contributed by atoms with Gasteiger partial charge in [0.05, 0.1) is 0 Å². The number of carbonyl (C=O) groups is 2. The van der Waals surface area contributed by atoms with E-state index in [4.69, 9.17) is 15.2 Å². The molecule has 116 valence electrons. The van der Waals surface area contributed by atoms with Gasteiger partial charge in [0.25, 0.3) is 0 Å². The Kier molecular flexibility index (Phi) is 6.40. The molecule has 9 nitrogen and oxygen atoms in total. The van der Waals surface area contributed by atoms with E-state index in [9.17, 15) is 9.59 Å². The van der Waals surface area contributed by atoms with Crippen LogP contribution in [0.4, 0.5) is 9.59 Å². The topological polar surface area (TPSA) is 119 Å². The van der Waals surface area contributed by atoms with E-state index in [1.54, 1.807) is 41.5 Å². The van der Waals surface area contributed by atoms with E-state index in [0.717, 1.165) is 0 Å². The molecule has 0 aliphatic carbocycles. The Bertz CT molecular complexity index is 335. The number of hydrogen-bond donors (Lipinski definition) is 3. The third kappa shape index (κ3) is 11.2. The Morgan fingerprint density at radius 3 is 1.35 bits per heavy atom. The second kappa shape index (κ2) is 7.06. The van der Waals surface area contributed by atoms with Crippen molar-refractivity contribution in [2.45, 2.75) is 52.7 Å². The van der Waals surface area contributed by atoms with E-state index in [1.807, 2.05) is 10.6 Å². The van der Waals surface area contributed by atoms with Gasteiger partial charge >= 0.3 is 12.2 Å². The second-order valence-corrected chi connectivity index (χ2v) is 5.76. The van der Waals surface area contributed by atoms with Gasteiger partial charge in [0.1, 0.15) is 11.2 Å². The largest absolute Gasteiger partial charge is 0.445 e. The van der Waals surface area contributed by atoms with E-state index in [-0.39, 0.29) is 0 Å². The summed E-state index contributed by atoms with van der Waals surface area (Å²) in [5, 5.41) is 11.1. The second-order valence-electron chi connectivity index (χ2n) is 5.76. The lowest BCUT2D eigenvalue weighted by Gasteiger charge is -2.17. The van der Waals surface area contributed by atoms with Crippen molar-refractivity contribution in [3.63, 3.8) is 0 Å². The van der Waals surface area contributed by atoms with Gasteiger partial charge in [-0.1, -0.05) is 0 Å². The molecule has 0 rings (SSSR count). The molecule has 0 bridgehead atoms. The van der Waals surface area contributed by atoms with Gasteiger partial charge in [-0.25, -0.2) is 9.59 Å². The van der Waals surface area contributed by atoms with Crippen LogP contribution in [0.15, 0.2) is 0 Å². The molecule has 0 aromatic heterocycles. The van der Waals surface area contributed by atoms with Gasteiger partial charge in [0.15, 0.2) is 0 Å². The molecular weight excluding hydrogens is 270 g/mol. The molecule has 0 radical (unpaired) electrons. The average Bonchev–Trinajstić information content (AvgIpc) is 2.21. The molecule has 20 heavy (non-hydrogen) atoms. The minimum atomic E-state index is -1.05. The van der Waals surface area contributed by atoms with Crippen molar-refractivity contribution in [2.75, 3.05) is 0 Å². The summed E-state index contributed by atoms with van der Waals surface area (Å²) in [5.41, 5.74) is -1.38. The maximum absolute atomic E-state index is 11.2. The van der Waals surface area contributed by atoms with Crippen LogP contribution in [-0.4, -0.2) is 29.3 Å². The molecule has 0 saturated carbocycles. The Balaban J connectivity index is 3.99. The Hall–Kier alpha value is -1.87. The summed E-state index contributed by atoms with van der Waals surface area (Å²) >= 11 is 0. The lowest BCUT2D eigenvalue weighted by molar-refractivity contribution is -0.300. The smallest absolute Gasteiger partial charge is 0.275 e. The molecule has 0 atom stereocenters. The highest BCUT2D eigenvalue weighted by Crippen LogP contribution is 2.07. The van der Waals surface area contributed by atoms with Crippen LogP contribution in [0, 0.1) is 5.41 Å². The van der Waals surface area contributed by atoms with E-state index in [2.05, 4.69) is 9.78 Å². The molecule has 0 aromatic carbocycles. The van der Waals surface area contributed by atoms with Crippen molar-refractivity contribution >= 4 is 18.1 Å². The zero-order valence-electron chi connectivity index (χ0n) is 12.4. The number of rotatable bonds is 2. The van der Waals surface area contributed by atoms with Crippen LogP contribution < -0.4 is 10.6 Å². The molecule has 0 unspecified atom stereocenters. The van der Waals surface area contributed by atoms with Crippen molar-refractivity contribution in [1.82, 2.24) is 10.6 Å².